The highest BCUT2D eigenvalue weighted by atomic mass is 15.2. The summed E-state index contributed by atoms with van der Waals surface area (Å²) in [7, 11) is 0. The van der Waals surface area contributed by atoms with Gasteiger partial charge in [-0.25, -0.2) is 0 Å². The maximum atomic E-state index is 3.67. The van der Waals surface area contributed by atoms with Crippen molar-refractivity contribution in [3.63, 3.8) is 0 Å². The fourth-order valence-corrected chi connectivity index (χ4v) is 3.36. The lowest BCUT2D eigenvalue weighted by atomic mass is 10.0. The molecule has 0 amide bonds. The summed E-state index contributed by atoms with van der Waals surface area (Å²) in [5.74, 6) is 0. The van der Waals surface area contributed by atoms with Crippen molar-refractivity contribution in [3.8, 4) is 0 Å². The van der Waals surface area contributed by atoms with Crippen LogP contribution in [0.3, 0.4) is 0 Å². The minimum atomic E-state index is 0.751. The Balaban J connectivity index is 1.65. The molecule has 2 nitrogen and oxygen atoms in total. The molecule has 92 valence electrons. The molecule has 2 aliphatic heterocycles. The summed E-state index contributed by atoms with van der Waals surface area (Å²) in [6.45, 7) is 3.63. The molecule has 1 N–H and O–H groups in total. The number of rotatable bonds is 3. The zero-order valence-electron chi connectivity index (χ0n) is 10.4. The highest BCUT2D eigenvalue weighted by Gasteiger charge is 2.32. The smallest absolute Gasteiger partial charge is 0.0253 e. The van der Waals surface area contributed by atoms with Gasteiger partial charge in [0.25, 0.3) is 0 Å². The molecule has 3 rings (SSSR count). The maximum absolute atomic E-state index is 3.67. The molecule has 2 saturated heterocycles. The van der Waals surface area contributed by atoms with Crippen molar-refractivity contribution in [2.24, 2.45) is 0 Å². The van der Waals surface area contributed by atoms with E-state index in [2.05, 4.69) is 40.5 Å². The number of likely N-dealkylation sites (tertiary alicyclic amines) is 1. The fraction of sp³-hybridized carbons (Fsp3) is 0.600. The van der Waals surface area contributed by atoms with Crippen molar-refractivity contribution < 1.29 is 0 Å². The molecule has 1 aromatic carbocycles. The molecule has 2 fully saturated rings. The van der Waals surface area contributed by atoms with E-state index in [9.17, 15) is 0 Å². The summed E-state index contributed by atoms with van der Waals surface area (Å²) in [5.41, 5.74) is 1.46. The van der Waals surface area contributed by atoms with Gasteiger partial charge in [-0.05, 0) is 44.3 Å². The Bertz CT molecular complexity index is 343. The predicted molar refractivity (Wildman–Crippen MR) is 70.9 cm³/mol. The molecule has 0 radical (unpaired) electrons. The van der Waals surface area contributed by atoms with E-state index in [0.717, 1.165) is 18.6 Å². The van der Waals surface area contributed by atoms with Crippen LogP contribution in [-0.2, 0) is 6.54 Å². The SMILES string of the molecule is c1ccc(CN2CCC[C@@H]2[C@@H]2CCCN2)cc1. The van der Waals surface area contributed by atoms with Crippen LogP contribution in [0.25, 0.3) is 0 Å². The monoisotopic (exact) mass is 230 g/mol. The lowest BCUT2D eigenvalue weighted by Crippen LogP contribution is -2.43. The van der Waals surface area contributed by atoms with Gasteiger partial charge in [0.1, 0.15) is 0 Å². The molecule has 2 aliphatic rings. The Kier molecular flexibility index (Phi) is 3.44. The quantitative estimate of drug-likeness (QED) is 0.858. The Morgan fingerprint density at radius 2 is 2.00 bits per heavy atom. The van der Waals surface area contributed by atoms with Crippen LogP contribution in [0.15, 0.2) is 30.3 Å². The zero-order valence-corrected chi connectivity index (χ0v) is 10.4. The third-order valence-electron chi connectivity index (χ3n) is 4.21. The molecule has 1 aromatic rings. The van der Waals surface area contributed by atoms with Crippen LogP contribution < -0.4 is 5.32 Å². The average Bonchev–Trinajstić information content (AvgIpc) is 3.00. The van der Waals surface area contributed by atoms with E-state index in [-0.39, 0.29) is 0 Å². The fourth-order valence-electron chi connectivity index (χ4n) is 3.36. The van der Waals surface area contributed by atoms with E-state index in [1.165, 1.54) is 44.3 Å². The molecule has 2 atom stereocenters. The maximum Gasteiger partial charge on any atom is 0.0253 e. The largest absolute Gasteiger partial charge is 0.312 e. The Morgan fingerprint density at radius 1 is 1.12 bits per heavy atom. The van der Waals surface area contributed by atoms with E-state index >= 15 is 0 Å². The van der Waals surface area contributed by atoms with Crippen LogP contribution in [0.4, 0.5) is 0 Å². The third-order valence-corrected chi connectivity index (χ3v) is 4.21. The first-order chi connectivity index (χ1) is 8.43. The van der Waals surface area contributed by atoms with Crippen LogP contribution in [-0.4, -0.2) is 30.1 Å². The topological polar surface area (TPSA) is 15.3 Å². The van der Waals surface area contributed by atoms with Gasteiger partial charge in [0, 0.05) is 18.6 Å². The second-order valence-electron chi connectivity index (χ2n) is 5.37. The first-order valence-corrected chi connectivity index (χ1v) is 6.95. The molecule has 0 spiro atoms. The van der Waals surface area contributed by atoms with Gasteiger partial charge in [0.2, 0.25) is 0 Å². The van der Waals surface area contributed by atoms with Crippen LogP contribution in [0.2, 0.25) is 0 Å². The molecule has 0 aromatic heterocycles. The zero-order chi connectivity index (χ0) is 11.5. The van der Waals surface area contributed by atoms with Crippen molar-refractivity contribution >= 4 is 0 Å². The number of hydrogen-bond acceptors (Lipinski definition) is 2. The van der Waals surface area contributed by atoms with Crippen molar-refractivity contribution in [2.75, 3.05) is 13.1 Å². The Labute approximate surface area is 104 Å². The highest BCUT2D eigenvalue weighted by Crippen LogP contribution is 2.26. The van der Waals surface area contributed by atoms with E-state index in [1.54, 1.807) is 0 Å². The van der Waals surface area contributed by atoms with Gasteiger partial charge >= 0.3 is 0 Å². The predicted octanol–water partition coefficient (Wildman–Crippen LogP) is 2.40. The van der Waals surface area contributed by atoms with Crippen LogP contribution in [0.1, 0.15) is 31.2 Å². The standard InChI is InChI=1S/C15H22N2/c1-2-6-13(7-3-1)12-17-11-5-9-15(17)14-8-4-10-16-14/h1-3,6-7,14-16H,4-5,8-12H2/t14-,15+/m0/s1. The summed E-state index contributed by atoms with van der Waals surface area (Å²) in [5, 5.41) is 3.67. The van der Waals surface area contributed by atoms with Gasteiger partial charge in [-0.3, -0.25) is 4.90 Å². The highest BCUT2D eigenvalue weighted by molar-refractivity contribution is 5.15. The number of benzene rings is 1. The van der Waals surface area contributed by atoms with Gasteiger partial charge in [-0.1, -0.05) is 30.3 Å². The first-order valence-electron chi connectivity index (χ1n) is 6.95. The molecule has 2 heterocycles. The number of nitrogens with zero attached hydrogens (tertiary/aromatic N) is 1. The van der Waals surface area contributed by atoms with Crippen LogP contribution in [0, 0.1) is 0 Å². The average molecular weight is 230 g/mol. The minimum Gasteiger partial charge on any atom is -0.312 e. The lowest BCUT2D eigenvalue weighted by molar-refractivity contribution is 0.206. The van der Waals surface area contributed by atoms with Crippen molar-refractivity contribution in [1.29, 1.82) is 0 Å². The van der Waals surface area contributed by atoms with Gasteiger partial charge in [0.15, 0.2) is 0 Å². The summed E-state index contributed by atoms with van der Waals surface area (Å²) in [4.78, 5) is 2.68. The summed E-state index contributed by atoms with van der Waals surface area (Å²) in [6.07, 6.45) is 5.48. The summed E-state index contributed by atoms with van der Waals surface area (Å²) >= 11 is 0. The molecule has 0 bridgehead atoms. The van der Waals surface area contributed by atoms with E-state index < -0.39 is 0 Å². The molecule has 0 saturated carbocycles. The molecule has 0 aliphatic carbocycles. The summed E-state index contributed by atoms with van der Waals surface area (Å²) < 4.78 is 0. The molecule has 0 unspecified atom stereocenters. The first kappa shape index (κ1) is 11.2. The van der Waals surface area contributed by atoms with Gasteiger partial charge < -0.3 is 5.32 Å². The molecular formula is C15H22N2. The third kappa shape index (κ3) is 2.53. The Hall–Kier alpha value is -0.860. The van der Waals surface area contributed by atoms with Gasteiger partial charge in [0.05, 0.1) is 0 Å². The second kappa shape index (κ2) is 5.19. The van der Waals surface area contributed by atoms with E-state index in [0.29, 0.717) is 0 Å². The number of hydrogen-bond donors (Lipinski definition) is 1. The molecule has 17 heavy (non-hydrogen) atoms. The van der Waals surface area contributed by atoms with Crippen molar-refractivity contribution in [2.45, 2.75) is 44.3 Å². The van der Waals surface area contributed by atoms with Crippen molar-refractivity contribution in [3.05, 3.63) is 35.9 Å². The van der Waals surface area contributed by atoms with E-state index in [4.69, 9.17) is 0 Å². The lowest BCUT2D eigenvalue weighted by Gasteiger charge is -2.29. The van der Waals surface area contributed by atoms with Crippen LogP contribution >= 0.6 is 0 Å². The minimum absolute atomic E-state index is 0.751. The Morgan fingerprint density at radius 3 is 2.76 bits per heavy atom. The van der Waals surface area contributed by atoms with Gasteiger partial charge in [-0.15, -0.1) is 0 Å². The normalized spacial score (nSPS) is 29.9. The van der Waals surface area contributed by atoms with Crippen molar-refractivity contribution in [1.82, 2.24) is 10.2 Å². The number of nitrogens with one attached hydrogen (secondary N) is 1. The summed E-state index contributed by atoms with van der Waals surface area (Å²) in [6, 6.07) is 12.4. The molecule has 2 heteroatoms. The molecular weight excluding hydrogens is 208 g/mol. The van der Waals surface area contributed by atoms with Gasteiger partial charge in [-0.2, -0.15) is 0 Å². The second-order valence-corrected chi connectivity index (χ2v) is 5.37. The van der Waals surface area contributed by atoms with Crippen LogP contribution in [0.5, 0.6) is 0 Å². The van der Waals surface area contributed by atoms with E-state index in [1.807, 2.05) is 0 Å².